The molecule has 1 aromatic carbocycles. The Bertz CT molecular complexity index is 642. The maximum absolute atomic E-state index is 11.0. The molecule has 0 bridgehead atoms. The molecule has 5 nitrogen and oxygen atoms in total. The number of nitrogens with zero attached hydrogens (tertiary/aromatic N) is 2. The van der Waals surface area contributed by atoms with E-state index in [2.05, 4.69) is 17.2 Å². The molecule has 1 aromatic heterocycles. The van der Waals surface area contributed by atoms with Gasteiger partial charge in [-0.25, -0.2) is 0 Å². The third-order valence-corrected chi connectivity index (χ3v) is 3.78. The van der Waals surface area contributed by atoms with Gasteiger partial charge in [-0.1, -0.05) is 13.3 Å². The first-order valence-corrected chi connectivity index (χ1v) is 6.48. The number of hydrogen-bond acceptors (Lipinski definition) is 4. The Labute approximate surface area is 110 Å². The summed E-state index contributed by atoms with van der Waals surface area (Å²) in [5.74, 6) is 0.724. The zero-order chi connectivity index (χ0) is 13.4. The number of pyridine rings is 1. The van der Waals surface area contributed by atoms with Gasteiger partial charge >= 0.3 is 0 Å². The smallest absolute Gasteiger partial charge is 0.277 e. The van der Waals surface area contributed by atoms with Crippen LogP contribution in [-0.4, -0.2) is 15.9 Å². The Morgan fingerprint density at radius 2 is 2.26 bits per heavy atom. The van der Waals surface area contributed by atoms with Gasteiger partial charge in [0.25, 0.3) is 5.69 Å². The molecule has 1 heterocycles. The average molecular weight is 257 g/mol. The summed E-state index contributed by atoms with van der Waals surface area (Å²) >= 11 is 0. The number of non-ortho nitro benzene ring substituents is 1. The van der Waals surface area contributed by atoms with Crippen LogP contribution in [0.2, 0.25) is 0 Å². The second kappa shape index (κ2) is 4.50. The highest BCUT2D eigenvalue weighted by Gasteiger charge is 2.35. The summed E-state index contributed by atoms with van der Waals surface area (Å²) in [6.45, 7) is 2.18. The number of nitrogens with one attached hydrogen (secondary N) is 1. The minimum absolute atomic E-state index is 0.130. The van der Waals surface area contributed by atoms with Gasteiger partial charge in [-0.2, -0.15) is 0 Å². The molecule has 0 spiro atoms. The molecular formula is C14H15N3O2. The van der Waals surface area contributed by atoms with Crippen molar-refractivity contribution in [3.05, 3.63) is 40.7 Å². The van der Waals surface area contributed by atoms with Crippen LogP contribution in [0.25, 0.3) is 10.8 Å². The normalized spacial score (nSPS) is 21.3. The molecule has 19 heavy (non-hydrogen) atoms. The lowest BCUT2D eigenvalue weighted by Gasteiger charge is -2.09. The summed E-state index contributed by atoms with van der Waals surface area (Å²) in [7, 11) is 0. The third kappa shape index (κ3) is 2.12. The van der Waals surface area contributed by atoms with E-state index in [9.17, 15) is 10.1 Å². The SMILES string of the molecule is CCC1CC1Nc1ccc([N+](=O)[O-])c2ccncc12. The zero-order valence-electron chi connectivity index (χ0n) is 10.7. The first-order valence-electron chi connectivity index (χ1n) is 6.48. The average Bonchev–Trinajstić information content (AvgIpc) is 3.17. The van der Waals surface area contributed by atoms with Crippen molar-refractivity contribution in [3.63, 3.8) is 0 Å². The largest absolute Gasteiger partial charge is 0.381 e. The molecule has 1 fully saturated rings. The number of nitro groups is 1. The topological polar surface area (TPSA) is 68.1 Å². The van der Waals surface area contributed by atoms with E-state index in [0.29, 0.717) is 11.4 Å². The Kier molecular flexibility index (Phi) is 2.81. The summed E-state index contributed by atoms with van der Waals surface area (Å²) in [6, 6.07) is 5.54. The van der Waals surface area contributed by atoms with Crippen molar-refractivity contribution < 1.29 is 4.92 Å². The molecule has 0 aliphatic heterocycles. The van der Waals surface area contributed by atoms with E-state index in [0.717, 1.165) is 17.0 Å². The van der Waals surface area contributed by atoms with Crippen molar-refractivity contribution >= 4 is 22.1 Å². The Balaban J connectivity index is 2.02. The summed E-state index contributed by atoms with van der Waals surface area (Å²) in [5, 5.41) is 15.9. The Morgan fingerprint density at radius 3 is 2.95 bits per heavy atom. The van der Waals surface area contributed by atoms with E-state index in [1.54, 1.807) is 30.6 Å². The van der Waals surface area contributed by atoms with Crippen LogP contribution in [0, 0.1) is 16.0 Å². The molecule has 2 aromatic rings. The molecule has 2 unspecified atom stereocenters. The molecule has 3 rings (SSSR count). The van der Waals surface area contributed by atoms with E-state index in [-0.39, 0.29) is 10.6 Å². The van der Waals surface area contributed by atoms with Crippen LogP contribution in [0.1, 0.15) is 19.8 Å². The molecule has 98 valence electrons. The number of nitro benzene ring substituents is 1. The van der Waals surface area contributed by atoms with Gasteiger partial charge in [0.15, 0.2) is 0 Å². The van der Waals surface area contributed by atoms with Crippen LogP contribution >= 0.6 is 0 Å². The van der Waals surface area contributed by atoms with Crippen molar-refractivity contribution in [2.75, 3.05) is 5.32 Å². The molecule has 1 N–H and O–H groups in total. The number of rotatable bonds is 4. The highest BCUT2D eigenvalue weighted by Crippen LogP contribution is 2.38. The number of anilines is 1. The van der Waals surface area contributed by atoms with E-state index < -0.39 is 0 Å². The van der Waals surface area contributed by atoms with Crippen molar-refractivity contribution in [2.45, 2.75) is 25.8 Å². The van der Waals surface area contributed by atoms with E-state index in [1.807, 2.05) is 0 Å². The predicted molar refractivity (Wildman–Crippen MR) is 74.2 cm³/mol. The van der Waals surface area contributed by atoms with Gasteiger partial charge in [0.1, 0.15) is 0 Å². The molecule has 2 atom stereocenters. The fourth-order valence-electron chi connectivity index (χ4n) is 2.53. The summed E-state index contributed by atoms with van der Waals surface area (Å²) in [6.07, 6.45) is 5.62. The van der Waals surface area contributed by atoms with E-state index in [4.69, 9.17) is 0 Å². The van der Waals surface area contributed by atoms with Crippen molar-refractivity contribution in [1.29, 1.82) is 0 Å². The number of hydrogen-bond donors (Lipinski definition) is 1. The van der Waals surface area contributed by atoms with Crippen molar-refractivity contribution in [3.8, 4) is 0 Å². The van der Waals surface area contributed by atoms with Crippen LogP contribution in [0.5, 0.6) is 0 Å². The molecule has 1 aliphatic carbocycles. The lowest BCUT2D eigenvalue weighted by atomic mass is 10.1. The number of aromatic nitrogens is 1. The quantitative estimate of drug-likeness (QED) is 0.673. The molecule has 0 saturated heterocycles. The van der Waals surface area contributed by atoms with Crippen molar-refractivity contribution in [1.82, 2.24) is 4.98 Å². The second-order valence-corrected chi connectivity index (χ2v) is 4.97. The molecule has 1 saturated carbocycles. The first kappa shape index (κ1) is 11.9. The molecule has 0 radical (unpaired) electrons. The third-order valence-electron chi connectivity index (χ3n) is 3.78. The lowest BCUT2D eigenvalue weighted by Crippen LogP contribution is -2.05. The van der Waals surface area contributed by atoms with Crippen molar-refractivity contribution in [2.24, 2.45) is 5.92 Å². The maximum atomic E-state index is 11.0. The molecule has 5 heteroatoms. The minimum Gasteiger partial charge on any atom is -0.381 e. The standard InChI is InChI=1S/C14H15N3O2/c1-2-9-7-13(9)16-12-3-4-14(17(18)19)10-5-6-15-8-11(10)12/h3-6,8-9,13,16H,2,7H2,1H3. The minimum atomic E-state index is -0.349. The van der Waals surface area contributed by atoms with Gasteiger partial charge in [0.2, 0.25) is 0 Å². The summed E-state index contributed by atoms with van der Waals surface area (Å²) < 4.78 is 0. The van der Waals surface area contributed by atoms with Gasteiger partial charge in [0.05, 0.1) is 10.3 Å². The maximum Gasteiger partial charge on any atom is 0.277 e. The van der Waals surface area contributed by atoms with Crippen LogP contribution in [0.3, 0.4) is 0 Å². The first-order chi connectivity index (χ1) is 9.20. The van der Waals surface area contributed by atoms with Crippen LogP contribution in [0.15, 0.2) is 30.6 Å². The van der Waals surface area contributed by atoms with Gasteiger partial charge in [-0.15, -0.1) is 0 Å². The number of fused-ring (bicyclic) bond motifs is 1. The lowest BCUT2D eigenvalue weighted by molar-refractivity contribution is -0.383. The van der Waals surface area contributed by atoms with Crippen LogP contribution in [0.4, 0.5) is 11.4 Å². The van der Waals surface area contributed by atoms with E-state index >= 15 is 0 Å². The summed E-state index contributed by atoms with van der Waals surface area (Å²) in [5.41, 5.74) is 1.07. The van der Waals surface area contributed by atoms with E-state index in [1.165, 1.54) is 12.8 Å². The van der Waals surface area contributed by atoms with Gasteiger partial charge in [0, 0.05) is 35.6 Å². The Morgan fingerprint density at radius 1 is 1.42 bits per heavy atom. The predicted octanol–water partition coefficient (Wildman–Crippen LogP) is 3.35. The second-order valence-electron chi connectivity index (χ2n) is 4.97. The van der Waals surface area contributed by atoms with Crippen LogP contribution < -0.4 is 5.32 Å². The molecule has 0 amide bonds. The zero-order valence-corrected chi connectivity index (χ0v) is 10.7. The highest BCUT2D eigenvalue weighted by atomic mass is 16.6. The molecule has 1 aliphatic rings. The van der Waals surface area contributed by atoms with Gasteiger partial charge in [-0.05, 0) is 24.5 Å². The fraction of sp³-hybridized carbons (Fsp3) is 0.357. The molecular weight excluding hydrogens is 242 g/mol. The van der Waals surface area contributed by atoms with Gasteiger partial charge < -0.3 is 5.32 Å². The Hall–Kier alpha value is -2.17. The highest BCUT2D eigenvalue weighted by molar-refractivity contribution is 5.99. The van der Waals surface area contributed by atoms with Crippen LogP contribution in [-0.2, 0) is 0 Å². The summed E-state index contributed by atoms with van der Waals surface area (Å²) in [4.78, 5) is 14.8. The number of benzene rings is 1. The monoisotopic (exact) mass is 257 g/mol. The van der Waals surface area contributed by atoms with Gasteiger partial charge in [-0.3, -0.25) is 15.1 Å². The fourth-order valence-corrected chi connectivity index (χ4v) is 2.53.